The van der Waals surface area contributed by atoms with E-state index in [1.54, 1.807) is 25.1 Å². The second-order valence-electron chi connectivity index (χ2n) is 5.12. The third kappa shape index (κ3) is 3.04. The summed E-state index contributed by atoms with van der Waals surface area (Å²) in [5.41, 5.74) is 1.05. The van der Waals surface area contributed by atoms with Gasteiger partial charge < -0.3 is 9.47 Å². The van der Waals surface area contributed by atoms with Crippen molar-refractivity contribution in [1.29, 1.82) is 0 Å². The average Bonchev–Trinajstić information content (AvgIpc) is 2.46. The molecule has 0 aromatic heterocycles. The maximum Gasteiger partial charge on any atom is 0.513 e. The van der Waals surface area contributed by atoms with E-state index in [1.807, 2.05) is 13.8 Å². The van der Waals surface area contributed by atoms with E-state index in [-0.39, 0.29) is 18.1 Å². The molecule has 0 heterocycles. The van der Waals surface area contributed by atoms with Crippen LogP contribution in [0.1, 0.15) is 37.8 Å². The van der Waals surface area contributed by atoms with Crippen LogP contribution in [0.4, 0.5) is 9.18 Å². The van der Waals surface area contributed by atoms with E-state index >= 15 is 0 Å². The molecule has 0 radical (unpaired) electrons. The molecule has 114 valence electrons. The predicted molar refractivity (Wildman–Crippen MR) is 83.6 cm³/mol. The minimum Gasteiger partial charge on any atom is -0.434 e. The molecule has 0 aliphatic rings. The SMILES string of the molecule is C#Cc1c(F)ccc2cc(OC(=O)OCC)cc(C(C)C)c12. The second kappa shape index (κ2) is 6.48. The van der Waals surface area contributed by atoms with Crippen molar-refractivity contribution in [2.45, 2.75) is 26.7 Å². The Bertz CT molecular complexity index is 757. The zero-order valence-corrected chi connectivity index (χ0v) is 12.8. The van der Waals surface area contributed by atoms with Crippen LogP contribution in [0.25, 0.3) is 10.8 Å². The van der Waals surface area contributed by atoms with E-state index in [0.29, 0.717) is 11.1 Å². The first-order valence-corrected chi connectivity index (χ1v) is 7.05. The summed E-state index contributed by atoms with van der Waals surface area (Å²) < 4.78 is 23.8. The van der Waals surface area contributed by atoms with E-state index in [0.717, 1.165) is 10.9 Å². The van der Waals surface area contributed by atoms with Crippen LogP contribution in [0, 0.1) is 18.2 Å². The molecule has 0 saturated heterocycles. The van der Waals surface area contributed by atoms with E-state index in [1.165, 1.54) is 6.07 Å². The highest BCUT2D eigenvalue weighted by molar-refractivity contribution is 5.93. The Morgan fingerprint density at radius 2 is 2.09 bits per heavy atom. The van der Waals surface area contributed by atoms with Crippen LogP contribution >= 0.6 is 0 Å². The Kier molecular flexibility index (Phi) is 4.67. The molecule has 0 unspecified atom stereocenters. The largest absolute Gasteiger partial charge is 0.513 e. The quantitative estimate of drug-likeness (QED) is 0.471. The lowest BCUT2D eigenvalue weighted by Crippen LogP contribution is -2.10. The molecular weight excluding hydrogens is 283 g/mol. The Hall–Kier alpha value is -2.54. The summed E-state index contributed by atoms with van der Waals surface area (Å²) in [6.45, 7) is 5.86. The van der Waals surface area contributed by atoms with Gasteiger partial charge in [-0.1, -0.05) is 25.8 Å². The van der Waals surface area contributed by atoms with Crippen molar-refractivity contribution in [1.82, 2.24) is 0 Å². The molecule has 22 heavy (non-hydrogen) atoms. The lowest BCUT2D eigenvalue weighted by atomic mass is 9.92. The van der Waals surface area contributed by atoms with Crippen LogP contribution < -0.4 is 4.74 Å². The van der Waals surface area contributed by atoms with Gasteiger partial charge in [0.05, 0.1) is 12.2 Å². The number of fused-ring (bicyclic) bond motifs is 1. The number of rotatable bonds is 3. The number of benzene rings is 2. The first-order chi connectivity index (χ1) is 10.5. The van der Waals surface area contributed by atoms with Gasteiger partial charge in [0.1, 0.15) is 11.6 Å². The molecule has 2 aromatic carbocycles. The van der Waals surface area contributed by atoms with E-state index in [2.05, 4.69) is 5.92 Å². The van der Waals surface area contributed by atoms with Crippen LogP contribution in [-0.4, -0.2) is 12.8 Å². The zero-order chi connectivity index (χ0) is 16.3. The van der Waals surface area contributed by atoms with Gasteiger partial charge in [-0.05, 0) is 42.0 Å². The second-order valence-corrected chi connectivity index (χ2v) is 5.12. The van der Waals surface area contributed by atoms with Gasteiger partial charge in [-0.15, -0.1) is 6.42 Å². The molecular formula is C18H17FO3. The van der Waals surface area contributed by atoms with Crippen LogP contribution in [0.2, 0.25) is 0 Å². The van der Waals surface area contributed by atoms with Gasteiger partial charge in [-0.2, -0.15) is 0 Å². The predicted octanol–water partition coefficient (Wildman–Crippen LogP) is 4.62. The Morgan fingerprint density at radius 1 is 1.36 bits per heavy atom. The molecule has 0 bridgehead atoms. The van der Waals surface area contributed by atoms with Crippen LogP contribution in [0.3, 0.4) is 0 Å². The fraction of sp³-hybridized carbons (Fsp3) is 0.278. The maximum atomic E-state index is 13.9. The standard InChI is InChI=1S/C18H17FO3/c1-5-14-16(19)8-7-12-9-13(22-18(20)21-6-2)10-15(11(3)4)17(12)14/h1,7-11H,6H2,2-4H3. The van der Waals surface area contributed by atoms with Gasteiger partial charge in [-0.25, -0.2) is 9.18 Å². The van der Waals surface area contributed by atoms with Crippen LogP contribution in [0.15, 0.2) is 24.3 Å². The average molecular weight is 300 g/mol. The van der Waals surface area contributed by atoms with Crippen molar-refractivity contribution in [2.75, 3.05) is 6.61 Å². The van der Waals surface area contributed by atoms with Crippen molar-refractivity contribution < 1.29 is 18.7 Å². The first-order valence-electron chi connectivity index (χ1n) is 7.05. The lowest BCUT2D eigenvalue weighted by Gasteiger charge is -2.15. The summed E-state index contributed by atoms with van der Waals surface area (Å²) in [7, 11) is 0. The van der Waals surface area contributed by atoms with Crippen molar-refractivity contribution >= 4 is 16.9 Å². The fourth-order valence-electron chi connectivity index (χ4n) is 2.34. The fourth-order valence-corrected chi connectivity index (χ4v) is 2.34. The van der Waals surface area contributed by atoms with Gasteiger partial charge in [-0.3, -0.25) is 0 Å². The molecule has 2 aromatic rings. The van der Waals surface area contributed by atoms with E-state index < -0.39 is 12.0 Å². The molecule has 2 rings (SSSR count). The molecule has 0 aliphatic carbocycles. The molecule has 0 atom stereocenters. The molecule has 3 nitrogen and oxygen atoms in total. The summed E-state index contributed by atoms with van der Waals surface area (Å²) in [6.07, 6.45) is 4.68. The number of ether oxygens (including phenoxy) is 2. The third-order valence-corrected chi connectivity index (χ3v) is 3.30. The number of halogens is 1. The molecule has 0 fully saturated rings. The molecule has 0 saturated carbocycles. The zero-order valence-electron chi connectivity index (χ0n) is 12.8. The van der Waals surface area contributed by atoms with Crippen molar-refractivity contribution in [3.05, 3.63) is 41.2 Å². The van der Waals surface area contributed by atoms with Crippen LogP contribution in [0.5, 0.6) is 5.75 Å². The van der Waals surface area contributed by atoms with Crippen molar-refractivity contribution in [2.24, 2.45) is 0 Å². The molecule has 0 spiro atoms. The molecule has 0 N–H and O–H groups in total. The highest BCUT2D eigenvalue weighted by Gasteiger charge is 2.16. The Labute approximate surface area is 129 Å². The topological polar surface area (TPSA) is 35.5 Å². The Balaban J connectivity index is 2.64. The summed E-state index contributed by atoms with van der Waals surface area (Å²) in [4.78, 5) is 11.5. The van der Waals surface area contributed by atoms with Gasteiger partial charge in [0.15, 0.2) is 0 Å². The molecule has 4 heteroatoms. The monoisotopic (exact) mass is 300 g/mol. The summed E-state index contributed by atoms with van der Waals surface area (Å²) >= 11 is 0. The number of carbonyl (C=O) groups excluding carboxylic acids is 1. The van der Waals surface area contributed by atoms with E-state index in [4.69, 9.17) is 15.9 Å². The summed E-state index contributed by atoms with van der Waals surface area (Å²) in [5, 5.41) is 1.40. The summed E-state index contributed by atoms with van der Waals surface area (Å²) in [6, 6.07) is 6.29. The van der Waals surface area contributed by atoms with Gasteiger partial charge >= 0.3 is 6.16 Å². The maximum absolute atomic E-state index is 13.9. The third-order valence-electron chi connectivity index (χ3n) is 3.30. The summed E-state index contributed by atoms with van der Waals surface area (Å²) in [5.74, 6) is 2.41. The van der Waals surface area contributed by atoms with Gasteiger partial charge in [0, 0.05) is 5.39 Å². The lowest BCUT2D eigenvalue weighted by molar-refractivity contribution is 0.104. The normalized spacial score (nSPS) is 10.5. The highest BCUT2D eigenvalue weighted by Crippen LogP contribution is 2.33. The van der Waals surface area contributed by atoms with Crippen LogP contribution in [-0.2, 0) is 4.74 Å². The minimum atomic E-state index is -0.768. The number of hydrogen-bond donors (Lipinski definition) is 0. The number of hydrogen-bond acceptors (Lipinski definition) is 3. The Morgan fingerprint density at radius 3 is 2.68 bits per heavy atom. The first kappa shape index (κ1) is 15.8. The van der Waals surface area contributed by atoms with E-state index in [9.17, 15) is 9.18 Å². The number of carbonyl (C=O) groups is 1. The minimum absolute atomic E-state index is 0.0853. The smallest absolute Gasteiger partial charge is 0.434 e. The molecule has 0 amide bonds. The highest BCUT2D eigenvalue weighted by atomic mass is 19.1. The van der Waals surface area contributed by atoms with Crippen molar-refractivity contribution in [3.8, 4) is 18.1 Å². The van der Waals surface area contributed by atoms with Gasteiger partial charge in [0.2, 0.25) is 0 Å². The van der Waals surface area contributed by atoms with Crippen molar-refractivity contribution in [3.63, 3.8) is 0 Å². The number of terminal acetylenes is 1. The molecule has 0 aliphatic heterocycles. The van der Waals surface area contributed by atoms with Gasteiger partial charge in [0.25, 0.3) is 0 Å².